The summed E-state index contributed by atoms with van der Waals surface area (Å²) in [6, 6.07) is 6.77. The lowest BCUT2D eigenvalue weighted by Crippen LogP contribution is -2.36. The Bertz CT molecular complexity index is 526. The van der Waals surface area contributed by atoms with Gasteiger partial charge in [-0.3, -0.25) is 4.40 Å². The fourth-order valence-electron chi connectivity index (χ4n) is 2.81. The fourth-order valence-corrected chi connectivity index (χ4v) is 2.81. The van der Waals surface area contributed by atoms with E-state index < -0.39 is 0 Å². The Kier molecular flexibility index (Phi) is 3.30. The highest BCUT2D eigenvalue weighted by Gasteiger charge is 2.16. The zero-order chi connectivity index (χ0) is 12.4. The van der Waals surface area contributed by atoms with Crippen molar-refractivity contribution in [3.63, 3.8) is 0 Å². The van der Waals surface area contributed by atoms with E-state index >= 15 is 0 Å². The largest absolute Gasteiger partial charge is 0.325 e. The molecule has 4 nitrogen and oxygen atoms in total. The molecule has 0 aromatic carbocycles. The third-order valence-electron chi connectivity index (χ3n) is 3.76. The third kappa shape index (κ3) is 2.13. The second-order valence-corrected chi connectivity index (χ2v) is 5.01. The van der Waals surface area contributed by atoms with Crippen molar-refractivity contribution >= 4 is 5.52 Å². The van der Waals surface area contributed by atoms with Crippen LogP contribution < -0.4 is 11.1 Å². The van der Waals surface area contributed by atoms with Gasteiger partial charge in [0.2, 0.25) is 0 Å². The van der Waals surface area contributed by atoms with Gasteiger partial charge >= 0.3 is 0 Å². The second-order valence-electron chi connectivity index (χ2n) is 5.01. The number of rotatable bonds is 3. The van der Waals surface area contributed by atoms with E-state index in [0.717, 1.165) is 30.0 Å². The first-order valence-corrected chi connectivity index (χ1v) is 6.76. The molecule has 0 radical (unpaired) electrons. The van der Waals surface area contributed by atoms with E-state index in [-0.39, 0.29) is 0 Å². The van der Waals surface area contributed by atoms with Gasteiger partial charge < -0.3 is 11.1 Å². The summed E-state index contributed by atoms with van der Waals surface area (Å²) in [6.07, 6.45) is 6.81. The van der Waals surface area contributed by atoms with Crippen molar-refractivity contribution < 1.29 is 0 Å². The smallest absolute Gasteiger partial charge is 0.115 e. The highest BCUT2D eigenvalue weighted by Crippen LogP contribution is 2.15. The van der Waals surface area contributed by atoms with Crippen molar-refractivity contribution in [1.82, 2.24) is 14.7 Å². The van der Waals surface area contributed by atoms with Crippen LogP contribution in [0.25, 0.3) is 5.52 Å². The molecule has 3 N–H and O–H groups in total. The SMILES string of the molecule is NCc1cccc2cnc(CC3CCCCN3)n12. The van der Waals surface area contributed by atoms with Gasteiger partial charge in [0.25, 0.3) is 0 Å². The molecule has 1 aliphatic heterocycles. The maximum Gasteiger partial charge on any atom is 0.115 e. The molecule has 3 heterocycles. The third-order valence-corrected chi connectivity index (χ3v) is 3.76. The van der Waals surface area contributed by atoms with Crippen LogP contribution in [-0.2, 0) is 13.0 Å². The summed E-state index contributed by atoms with van der Waals surface area (Å²) in [6.45, 7) is 1.69. The van der Waals surface area contributed by atoms with Crippen molar-refractivity contribution in [2.75, 3.05) is 6.54 Å². The maximum absolute atomic E-state index is 5.81. The summed E-state index contributed by atoms with van der Waals surface area (Å²) in [7, 11) is 0. The van der Waals surface area contributed by atoms with Crippen LogP contribution in [0.2, 0.25) is 0 Å². The molecular weight excluding hydrogens is 224 g/mol. The first-order chi connectivity index (χ1) is 8.88. The van der Waals surface area contributed by atoms with Crippen LogP contribution in [0.5, 0.6) is 0 Å². The summed E-state index contributed by atoms with van der Waals surface area (Å²) in [5, 5.41) is 3.57. The number of fused-ring (bicyclic) bond motifs is 1. The molecule has 96 valence electrons. The molecule has 0 amide bonds. The molecule has 1 aliphatic rings. The van der Waals surface area contributed by atoms with Gasteiger partial charge in [-0.15, -0.1) is 0 Å². The number of hydrogen-bond donors (Lipinski definition) is 2. The van der Waals surface area contributed by atoms with Crippen LogP contribution in [-0.4, -0.2) is 22.0 Å². The molecule has 2 aromatic rings. The Morgan fingerprint density at radius 3 is 3.11 bits per heavy atom. The van der Waals surface area contributed by atoms with E-state index in [1.165, 1.54) is 19.3 Å². The van der Waals surface area contributed by atoms with E-state index in [9.17, 15) is 0 Å². The second kappa shape index (κ2) is 5.08. The van der Waals surface area contributed by atoms with Crippen LogP contribution in [0.15, 0.2) is 24.4 Å². The topological polar surface area (TPSA) is 55.3 Å². The number of nitrogens with one attached hydrogen (secondary N) is 1. The Hall–Kier alpha value is -1.39. The summed E-state index contributed by atoms with van der Waals surface area (Å²) in [5.74, 6) is 1.13. The van der Waals surface area contributed by atoms with E-state index in [1.807, 2.05) is 12.3 Å². The lowest BCUT2D eigenvalue weighted by atomic mass is 10.0. The summed E-state index contributed by atoms with van der Waals surface area (Å²) >= 11 is 0. The predicted octanol–water partition coefficient (Wildman–Crippen LogP) is 1.48. The zero-order valence-electron chi connectivity index (χ0n) is 10.6. The van der Waals surface area contributed by atoms with Gasteiger partial charge in [0.1, 0.15) is 5.82 Å². The Morgan fingerprint density at radius 1 is 1.39 bits per heavy atom. The quantitative estimate of drug-likeness (QED) is 0.860. The van der Waals surface area contributed by atoms with Gasteiger partial charge in [0, 0.05) is 24.7 Å². The predicted molar refractivity (Wildman–Crippen MR) is 72.4 cm³/mol. The lowest BCUT2D eigenvalue weighted by Gasteiger charge is -2.23. The van der Waals surface area contributed by atoms with Crippen LogP contribution in [0, 0.1) is 0 Å². The molecule has 2 aromatic heterocycles. The van der Waals surface area contributed by atoms with Gasteiger partial charge in [-0.1, -0.05) is 12.5 Å². The number of nitrogens with two attached hydrogens (primary N) is 1. The van der Waals surface area contributed by atoms with Gasteiger partial charge in [-0.2, -0.15) is 0 Å². The monoisotopic (exact) mass is 244 g/mol. The van der Waals surface area contributed by atoms with Gasteiger partial charge in [0.05, 0.1) is 11.7 Å². The van der Waals surface area contributed by atoms with E-state index in [1.54, 1.807) is 0 Å². The van der Waals surface area contributed by atoms with Crippen LogP contribution in [0.3, 0.4) is 0 Å². The highest BCUT2D eigenvalue weighted by molar-refractivity contribution is 5.47. The zero-order valence-corrected chi connectivity index (χ0v) is 10.6. The van der Waals surface area contributed by atoms with E-state index in [0.29, 0.717) is 12.6 Å². The summed E-state index contributed by atoms with van der Waals surface area (Å²) in [4.78, 5) is 4.57. The molecule has 4 heteroatoms. The van der Waals surface area contributed by atoms with Crippen molar-refractivity contribution in [1.29, 1.82) is 0 Å². The number of pyridine rings is 1. The van der Waals surface area contributed by atoms with Gasteiger partial charge in [0.15, 0.2) is 0 Å². The minimum absolute atomic E-state index is 0.554. The summed E-state index contributed by atoms with van der Waals surface area (Å²) in [5.41, 5.74) is 8.09. The molecule has 1 atom stereocenters. The molecule has 0 saturated carbocycles. The molecular formula is C14H20N4. The normalized spacial score (nSPS) is 20.4. The van der Waals surface area contributed by atoms with E-state index in [2.05, 4.69) is 26.8 Å². The van der Waals surface area contributed by atoms with E-state index in [4.69, 9.17) is 5.73 Å². The highest BCUT2D eigenvalue weighted by atomic mass is 15.0. The summed E-state index contributed by atoms with van der Waals surface area (Å²) < 4.78 is 2.20. The molecule has 1 fully saturated rings. The van der Waals surface area contributed by atoms with Crippen LogP contribution >= 0.6 is 0 Å². The molecule has 1 saturated heterocycles. The lowest BCUT2D eigenvalue weighted by molar-refractivity contribution is 0.393. The molecule has 1 unspecified atom stereocenters. The number of piperidine rings is 1. The standard InChI is InChI=1S/C14H20N4/c15-9-12-5-3-6-13-10-17-14(18(12)13)8-11-4-1-2-7-16-11/h3,5-6,10-11,16H,1-2,4,7-9,15H2. The first kappa shape index (κ1) is 11.7. The van der Waals surface area contributed by atoms with Gasteiger partial charge in [-0.25, -0.2) is 4.98 Å². The molecule has 3 rings (SSSR count). The maximum atomic E-state index is 5.81. The Morgan fingerprint density at radius 2 is 2.33 bits per heavy atom. The van der Waals surface area contributed by atoms with Crippen molar-refractivity contribution in [3.8, 4) is 0 Å². The fraction of sp³-hybridized carbons (Fsp3) is 0.500. The van der Waals surface area contributed by atoms with Crippen molar-refractivity contribution in [3.05, 3.63) is 35.9 Å². The number of aromatic nitrogens is 2. The minimum atomic E-state index is 0.554. The molecule has 0 spiro atoms. The van der Waals surface area contributed by atoms with Crippen LogP contribution in [0.4, 0.5) is 0 Å². The Labute approximate surface area is 107 Å². The number of nitrogens with zero attached hydrogens (tertiary/aromatic N) is 2. The molecule has 0 aliphatic carbocycles. The van der Waals surface area contributed by atoms with Gasteiger partial charge in [-0.05, 0) is 31.5 Å². The van der Waals surface area contributed by atoms with Crippen LogP contribution in [0.1, 0.15) is 30.8 Å². The first-order valence-electron chi connectivity index (χ1n) is 6.76. The number of imidazole rings is 1. The van der Waals surface area contributed by atoms with Crippen molar-refractivity contribution in [2.24, 2.45) is 5.73 Å². The molecule has 0 bridgehead atoms. The number of hydrogen-bond acceptors (Lipinski definition) is 3. The Balaban J connectivity index is 1.91. The molecule has 18 heavy (non-hydrogen) atoms. The average Bonchev–Trinajstić information content (AvgIpc) is 2.83. The minimum Gasteiger partial charge on any atom is -0.325 e. The average molecular weight is 244 g/mol. The van der Waals surface area contributed by atoms with Crippen molar-refractivity contribution in [2.45, 2.75) is 38.3 Å².